The molecule has 4 rings (SSSR count). The van der Waals surface area contributed by atoms with Crippen LogP contribution in [0.2, 0.25) is 0 Å². The molecular formula is C24H30F3N3O5. The van der Waals surface area contributed by atoms with E-state index in [0.717, 1.165) is 12.8 Å². The van der Waals surface area contributed by atoms with Gasteiger partial charge in [-0.1, -0.05) is 18.2 Å². The molecule has 0 radical (unpaired) electrons. The minimum Gasteiger partial charge on any atom is -0.480 e. The molecule has 0 unspecified atom stereocenters. The molecule has 1 aromatic carbocycles. The summed E-state index contributed by atoms with van der Waals surface area (Å²) in [7, 11) is 3.66. The molecule has 0 bridgehead atoms. The highest BCUT2D eigenvalue weighted by molar-refractivity contribution is 5.83. The van der Waals surface area contributed by atoms with Crippen LogP contribution in [0.25, 0.3) is 0 Å². The highest BCUT2D eigenvalue weighted by atomic mass is 19.4. The third kappa shape index (κ3) is 4.82. The fourth-order valence-electron chi connectivity index (χ4n) is 5.61. The Labute approximate surface area is 201 Å². The molecule has 1 saturated heterocycles. The number of carbonyl (C=O) groups is 3. The Hall–Kier alpha value is -2.82. The zero-order chi connectivity index (χ0) is 25.6. The van der Waals surface area contributed by atoms with Crippen molar-refractivity contribution in [3.63, 3.8) is 0 Å². The number of nitrogens with zero attached hydrogens (tertiary/aromatic N) is 3. The number of aliphatic carboxylic acids is 1. The van der Waals surface area contributed by atoms with E-state index in [9.17, 15) is 32.7 Å². The van der Waals surface area contributed by atoms with Crippen LogP contribution < -0.4 is 4.74 Å². The van der Waals surface area contributed by atoms with Gasteiger partial charge in [0.25, 0.3) is 0 Å². The van der Waals surface area contributed by atoms with Crippen LogP contribution in [0.3, 0.4) is 0 Å². The number of halogens is 3. The maximum Gasteiger partial charge on any atom is 0.491 e. The first-order valence-electron chi connectivity index (χ1n) is 11.7. The molecule has 0 aromatic heterocycles. The van der Waals surface area contributed by atoms with Gasteiger partial charge >= 0.3 is 24.1 Å². The van der Waals surface area contributed by atoms with Crippen molar-refractivity contribution in [2.75, 3.05) is 33.7 Å². The third-order valence-corrected chi connectivity index (χ3v) is 7.71. The average Bonchev–Trinajstić information content (AvgIpc) is 3.57. The van der Waals surface area contributed by atoms with Gasteiger partial charge in [0.2, 0.25) is 0 Å². The number of alkyl halides is 3. The number of carboxylic acid groups (broad SMARTS) is 1. The Morgan fingerprint density at radius 3 is 2.31 bits per heavy atom. The molecule has 2 aliphatic carbocycles. The average molecular weight is 498 g/mol. The van der Waals surface area contributed by atoms with Crippen LogP contribution in [-0.2, 0) is 15.1 Å². The number of carbonyl (C=O) groups excluding carboxylic acids is 2. The zero-order valence-electron chi connectivity index (χ0n) is 19.8. The Kier molecular flexibility index (Phi) is 6.50. The Morgan fingerprint density at radius 2 is 1.77 bits per heavy atom. The van der Waals surface area contributed by atoms with Crippen molar-refractivity contribution in [1.29, 1.82) is 0 Å². The van der Waals surface area contributed by atoms with Crippen molar-refractivity contribution in [2.24, 2.45) is 5.92 Å². The number of hydrogen-bond acceptors (Lipinski definition) is 5. The van der Waals surface area contributed by atoms with Gasteiger partial charge in [-0.2, -0.15) is 13.2 Å². The van der Waals surface area contributed by atoms with Gasteiger partial charge < -0.3 is 19.6 Å². The molecule has 11 heteroatoms. The molecule has 2 saturated carbocycles. The van der Waals surface area contributed by atoms with Crippen LogP contribution in [0, 0.1) is 5.92 Å². The molecule has 1 heterocycles. The molecule has 192 valence electrons. The van der Waals surface area contributed by atoms with E-state index in [2.05, 4.69) is 0 Å². The van der Waals surface area contributed by atoms with Gasteiger partial charge in [0.1, 0.15) is 12.3 Å². The lowest BCUT2D eigenvalue weighted by atomic mass is 9.68. The second-order valence-corrected chi connectivity index (χ2v) is 10.1. The number of rotatable bonds is 7. The number of para-hydroxylation sites is 1. The molecule has 35 heavy (non-hydrogen) atoms. The van der Waals surface area contributed by atoms with Crippen LogP contribution in [0.1, 0.15) is 44.1 Å². The van der Waals surface area contributed by atoms with E-state index in [1.807, 2.05) is 23.9 Å². The summed E-state index contributed by atoms with van der Waals surface area (Å²) in [5.74, 6) is -3.05. The van der Waals surface area contributed by atoms with Gasteiger partial charge in [-0.3, -0.25) is 9.69 Å². The minimum atomic E-state index is -5.11. The van der Waals surface area contributed by atoms with Crippen LogP contribution in [0.15, 0.2) is 24.3 Å². The Balaban J connectivity index is 1.63. The summed E-state index contributed by atoms with van der Waals surface area (Å²) in [5, 5.41) is 9.28. The summed E-state index contributed by atoms with van der Waals surface area (Å²) in [6.07, 6.45) is -0.957. The molecule has 1 spiro atoms. The van der Waals surface area contributed by atoms with E-state index in [4.69, 9.17) is 4.74 Å². The molecule has 3 aliphatic rings. The summed E-state index contributed by atoms with van der Waals surface area (Å²) in [4.78, 5) is 41.2. The lowest BCUT2D eigenvalue weighted by Gasteiger charge is -2.51. The number of urea groups is 1. The van der Waals surface area contributed by atoms with Crippen molar-refractivity contribution in [2.45, 2.75) is 55.8 Å². The summed E-state index contributed by atoms with van der Waals surface area (Å²) in [5.41, 5.74) is -0.771. The van der Waals surface area contributed by atoms with Gasteiger partial charge in [-0.15, -0.1) is 0 Å². The van der Waals surface area contributed by atoms with Crippen LogP contribution in [0.5, 0.6) is 5.75 Å². The van der Waals surface area contributed by atoms with Gasteiger partial charge in [0.15, 0.2) is 0 Å². The number of esters is 1. The van der Waals surface area contributed by atoms with Crippen molar-refractivity contribution in [3.8, 4) is 5.75 Å². The molecule has 1 aromatic rings. The fourth-order valence-corrected chi connectivity index (χ4v) is 5.61. The number of amides is 2. The van der Waals surface area contributed by atoms with Crippen molar-refractivity contribution < 1.29 is 37.4 Å². The van der Waals surface area contributed by atoms with E-state index in [1.54, 1.807) is 12.1 Å². The molecule has 1 N–H and O–H groups in total. The van der Waals surface area contributed by atoms with Gasteiger partial charge in [-0.25, -0.2) is 9.59 Å². The fraction of sp³-hybridized carbons (Fsp3) is 0.625. The zero-order valence-corrected chi connectivity index (χ0v) is 19.8. The largest absolute Gasteiger partial charge is 0.491 e. The maximum absolute atomic E-state index is 13.1. The van der Waals surface area contributed by atoms with Crippen LogP contribution in [-0.4, -0.2) is 83.2 Å². The van der Waals surface area contributed by atoms with Gasteiger partial charge in [-0.05, 0) is 64.6 Å². The normalized spacial score (nSPS) is 27.1. The number of hydrogen-bond donors (Lipinski definition) is 1. The van der Waals surface area contributed by atoms with Crippen molar-refractivity contribution >= 4 is 18.0 Å². The smallest absolute Gasteiger partial charge is 0.480 e. The standard InChI is InChI=1S/C24H30F3N3O5/c1-28(2)23(17-5-3-4-6-18(17)35-20(33)24(25,26)27)11-9-22(10-12-23)15-29(14-19(31)32)21(34)30(22)13-16-7-8-16/h3-6,16H,7-15H2,1-2H3,(H,31,32). The second kappa shape index (κ2) is 9.00. The Bertz CT molecular complexity index is 1000. The summed E-state index contributed by atoms with van der Waals surface area (Å²) in [6, 6.07) is 5.99. The summed E-state index contributed by atoms with van der Waals surface area (Å²) in [6.45, 7) is 0.527. The molecule has 2 amide bonds. The molecule has 1 aliphatic heterocycles. The Morgan fingerprint density at radius 1 is 1.14 bits per heavy atom. The summed E-state index contributed by atoms with van der Waals surface area (Å²) >= 11 is 0. The van der Waals surface area contributed by atoms with Gasteiger partial charge in [0.05, 0.1) is 5.54 Å². The SMILES string of the molecule is CN(C)C1(c2ccccc2OC(=O)C(F)(F)F)CCC2(CC1)CN(CC(=O)O)C(=O)N2CC1CC1. The van der Waals surface area contributed by atoms with E-state index >= 15 is 0 Å². The van der Waals surface area contributed by atoms with E-state index < -0.39 is 29.2 Å². The van der Waals surface area contributed by atoms with E-state index in [0.29, 0.717) is 50.3 Å². The highest BCUT2D eigenvalue weighted by Gasteiger charge is 2.56. The van der Waals surface area contributed by atoms with Gasteiger partial charge in [0, 0.05) is 24.2 Å². The molecule has 3 fully saturated rings. The number of ether oxygens (including phenoxy) is 1. The number of benzene rings is 1. The third-order valence-electron chi connectivity index (χ3n) is 7.71. The first-order chi connectivity index (χ1) is 16.4. The topological polar surface area (TPSA) is 90.4 Å². The highest BCUT2D eigenvalue weighted by Crippen LogP contribution is 2.51. The summed E-state index contributed by atoms with van der Waals surface area (Å²) < 4.78 is 43.5. The molecule has 8 nitrogen and oxygen atoms in total. The van der Waals surface area contributed by atoms with Crippen molar-refractivity contribution in [3.05, 3.63) is 29.8 Å². The lowest BCUT2D eigenvalue weighted by molar-refractivity contribution is -0.189. The molecule has 0 atom stereocenters. The van der Waals surface area contributed by atoms with E-state index in [1.165, 1.54) is 17.0 Å². The van der Waals surface area contributed by atoms with Crippen LogP contribution in [0.4, 0.5) is 18.0 Å². The van der Waals surface area contributed by atoms with E-state index in [-0.39, 0.29) is 18.3 Å². The predicted octanol–water partition coefficient (Wildman–Crippen LogP) is 3.46. The first-order valence-corrected chi connectivity index (χ1v) is 11.7. The maximum atomic E-state index is 13.1. The lowest BCUT2D eigenvalue weighted by Crippen LogP contribution is -2.56. The monoisotopic (exact) mass is 497 g/mol. The molecular weight excluding hydrogens is 467 g/mol. The predicted molar refractivity (Wildman–Crippen MR) is 119 cm³/mol. The second-order valence-electron chi connectivity index (χ2n) is 10.1. The quantitative estimate of drug-likeness (QED) is 0.459. The number of carboxylic acids is 1. The first kappa shape index (κ1) is 25.3. The minimum absolute atomic E-state index is 0.135. The van der Waals surface area contributed by atoms with Crippen LogP contribution >= 0.6 is 0 Å². The van der Waals surface area contributed by atoms with Crippen molar-refractivity contribution in [1.82, 2.24) is 14.7 Å².